The van der Waals surface area contributed by atoms with Crippen LogP contribution in [0.3, 0.4) is 0 Å². The molecule has 4 aromatic rings. The monoisotopic (exact) mass is 671 g/mol. The Morgan fingerprint density at radius 3 is 2.29 bits per heavy atom. The fourth-order valence-corrected chi connectivity index (χ4v) is 9.13. The third-order valence-corrected chi connectivity index (χ3v) is 11.5. The zero-order valence-electron chi connectivity index (χ0n) is 26.5. The Labute approximate surface area is 287 Å². The molecule has 1 saturated heterocycles. The van der Waals surface area contributed by atoms with Crippen molar-refractivity contribution >= 4 is 46.2 Å². The van der Waals surface area contributed by atoms with Crippen LogP contribution < -0.4 is 4.90 Å². The van der Waals surface area contributed by atoms with Gasteiger partial charge >= 0.3 is 0 Å². The highest BCUT2D eigenvalue weighted by Crippen LogP contribution is 2.64. The number of ketones is 2. The quantitative estimate of drug-likeness (QED) is 0.179. The van der Waals surface area contributed by atoms with Gasteiger partial charge in [0.2, 0.25) is 11.8 Å². The molecule has 3 aliphatic carbocycles. The fraction of sp³-hybridized carbons (Fsp3) is 0.220. The van der Waals surface area contributed by atoms with Gasteiger partial charge in [-0.3, -0.25) is 19.2 Å². The standard InChI is InChI=1S/C41H31ClFNO5/c1-22-15-16-25(19-32(22)42)44-39(48)27-18-17-26-30(35(27)40(44)49)20-31-37(46)29(23-9-4-2-5-10-23)21-34(45)41(31,24-11-6-3-7-12-24)36(26)28-13-8-14-33(43)38(28)47/h2-17,19,21,27,30-31,35-36,47H,18,20H2,1H3. The van der Waals surface area contributed by atoms with Crippen molar-refractivity contribution in [1.29, 1.82) is 0 Å². The Bertz CT molecular complexity index is 2140. The summed E-state index contributed by atoms with van der Waals surface area (Å²) in [7, 11) is 0. The van der Waals surface area contributed by atoms with E-state index in [1.165, 1.54) is 17.0 Å². The number of Topliss-reactive ketones (excluding diaryl/α,β-unsaturated/α-hetero) is 1. The lowest BCUT2D eigenvalue weighted by molar-refractivity contribution is -0.135. The molecule has 2 fully saturated rings. The zero-order valence-corrected chi connectivity index (χ0v) is 27.2. The summed E-state index contributed by atoms with van der Waals surface area (Å²) in [5.74, 6) is -7.07. The molecule has 6 unspecified atom stereocenters. The number of amides is 2. The molecule has 1 N–H and O–H groups in total. The molecule has 0 spiro atoms. The van der Waals surface area contributed by atoms with Crippen molar-refractivity contribution in [2.24, 2.45) is 23.7 Å². The number of para-hydroxylation sites is 1. The fourth-order valence-electron chi connectivity index (χ4n) is 8.96. The second-order valence-electron chi connectivity index (χ2n) is 13.4. The van der Waals surface area contributed by atoms with E-state index in [-0.39, 0.29) is 41.5 Å². The van der Waals surface area contributed by atoms with Gasteiger partial charge in [0.1, 0.15) is 0 Å². The number of aromatic hydroxyl groups is 1. The van der Waals surface area contributed by atoms with Gasteiger partial charge < -0.3 is 5.11 Å². The Kier molecular flexibility index (Phi) is 7.30. The molecule has 0 radical (unpaired) electrons. The number of halogens is 2. The van der Waals surface area contributed by atoms with Gasteiger partial charge in [-0.05, 0) is 66.6 Å². The number of rotatable bonds is 4. The van der Waals surface area contributed by atoms with Crippen LogP contribution in [0, 0.1) is 36.4 Å². The molecule has 4 aromatic carbocycles. The van der Waals surface area contributed by atoms with Crippen molar-refractivity contribution in [3.05, 3.63) is 148 Å². The third-order valence-electron chi connectivity index (χ3n) is 11.1. The van der Waals surface area contributed by atoms with Crippen LogP contribution >= 0.6 is 11.6 Å². The Hall–Kier alpha value is -5.14. The second kappa shape index (κ2) is 11.5. The van der Waals surface area contributed by atoms with Gasteiger partial charge in [-0.15, -0.1) is 0 Å². The van der Waals surface area contributed by atoms with Crippen LogP contribution in [-0.4, -0.2) is 28.5 Å². The maximum absolute atomic E-state index is 15.2. The average Bonchev–Trinajstić information content (AvgIpc) is 3.37. The number of nitrogens with zero attached hydrogens (tertiary/aromatic N) is 1. The SMILES string of the molecule is Cc1ccc(N2C(=O)C3CC=C4C(CC5C(=O)C(c6ccccc6)=CC(=O)C5(c5ccccc5)C4c4cccc(F)c4O)C3C2=O)cc1Cl. The number of phenolic OH excluding ortho intramolecular Hbond substituents is 1. The number of phenols is 1. The van der Waals surface area contributed by atoms with E-state index in [4.69, 9.17) is 11.6 Å². The van der Waals surface area contributed by atoms with Crippen LogP contribution in [0.1, 0.15) is 41.0 Å². The van der Waals surface area contributed by atoms with Gasteiger partial charge in [-0.1, -0.05) is 102 Å². The van der Waals surface area contributed by atoms with Gasteiger partial charge in [0.15, 0.2) is 23.1 Å². The van der Waals surface area contributed by atoms with Gasteiger partial charge in [0.25, 0.3) is 0 Å². The number of fused-ring (bicyclic) bond motifs is 4. The summed E-state index contributed by atoms with van der Waals surface area (Å²) < 4.78 is 15.2. The lowest BCUT2D eigenvalue weighted by Gasteiger charge is -2.55. The van der Waals surface area contributed by atoms with Crippen LogP contribution in [0.25, 0.3) is 5.57 Å². The van der Waals surface area contributed by atoms with Crippen LogP contribution in [-0.2, 0) is 24.6 Å². The summed E-state index contributed by atoms with van der Waals surface area (Å²) in [6, 6.07) is 27.2. The molecule has 6 atom stereocenters. The molecular weight excluding hydrogens is 641 g/mol. The molecule has 0 aromatic heterocycles. The first kappa shape index (κ1) is 31.1. The molecule has 6 nitrogen and oxygen atoms in total. The highest BCUT2D eigenvalue weighted by molar-refractivity contribution is 6.33. The normalized spacial score (nSPS) is 27.7. The van der Waals surface area contributed by atoms with E-state index in [0.717, 1.165) is 11.6 Å². The van der Waals surface area contributed by atoms with E-state index in [9.17, 15) is 19.5 Å². The molecule has 1 heterocycles. The average molecular weight is 672 g/mol. The van der Waals surface area contributed by atoms with E-state index < -0.39 is 52.5 Å². The van der Waals surface area contributed by atoms with E-state index in [2.05, 4.69) is 0 Å². The number of allylic oxidation sites excluding steroid dienone is 4. The smallest absolute Gasteiger partial charge is 0.238 e. The molecule has 49 heavy (non-hydrogen) atoms. The van der Waals surface area contributed by atoms with Crippen molar-refractivity contribution < 1.29 is 28.7 Å². The van der Waals surface area contributed by atoms with E-state index in [0.29, 0.717) is 27.4 Å². The summed E-state index contributed by atoms with van der Waals surface area (Å²) in [4.78, 5) is 59.6. The maximum atomic E-state index is 15.2. The van der Waals surface area contributed by atoms with Gasteiger partial charge in [0, 0.05) is 28.0 Å². The molecular formula is C41H31ClFNO5. The van der Waals surface area contributed by atoms with Gasteiger partial charge in [-0.25, -0.2) is 9.29 Å². The molecule has 0 bridgehead atoms. The number of carbonyl (C=O) groups is 4. The van der Waals surface area contributed by atoms with E-state index >= 15 is 9.18 Å². The first-order valence-electron chi connectivity index (χ1n) is 16.4. The van der Waals surface area contributed by atoms with Crippen molar-refractivity contribution in [2.45, 2.75) is 31.1 Å². The summed E-state index contributed by atoms with van der Waals surface area (Å²) in [5.41, 5.74) is 1.81. The molecule has 8 rings (SSSR count). The van der Waals surface area contributed by atoms with Crippen molar-refractivity contribution in [3.8, 4) is 5.75 Å². The highest BCUT2D eigenvalue weighted by atomic mass is 35.5. The van der Waals surface area contributed by atoms with E-state index in [1.54, 1.807) is 72.8 Å². The second-order valence-corrected chi connectivity index (χ2v) is 13.8. The number of benzene rings is 4. The van der Waals surface area contributed by atoms with Crippen LogP contribution in [0.15, 0.2) is 115 Å². The number of hydrogen-bond acceptors (Lipinski definition) is 5. The summed E-state index contributed by atoms with van der Waals surface area (Å²) in [5, 5.41) is 11.8. The topological polar surface area (TPSA) is 91.8 Å². The number of hydrogen-bond donors (Lipinski definition) is 1. The Balaban J connectivity index is 1.36. The highest BCUT2D eigenvalue weighted by Gasteiger charge is 2.66. The van der Waals surface area contributed by atoms with E-state index in [1.807, 2.05) is 25.1 Å². The molecule has 244 valence electrons. The first-order chi connectivity index (χ1) is 23.6. The number of imide groups is 1. The zero-order chi connectivity index (χ0) is 34.2. The van der Waals surface area contributed by atoms with Crippen LogP contribution in [0.2, 0.25) is 5.02 Å². The van der Waals surface area contributed by atoms with Crippen molar-refractivity contribution in [2.75, 3.05) is 4.90 Å². The summed E-state index contributed by atoms with van der Waals surface area (Å²) in [6.07, 6.45) is 3.58. The molecule has 2 amide bonds. The largest absolute Gasteiger partial charge is 0.505 e. The molecule has 1 aliphatic heterocycles. The minimum absolute atomic E-state index is 0.102. The number of carbonyl (C=O) groups excluding carboxylic acids is 4. The lowest BCUT2D eigenvalue weighted by Crippen LogP contribution is -2.58. The maximum Gasteiger partial charge on any atom is 0.238 e. The molecule has 1 saturated carbocycles. The number of aryl methyl sites for hydroxylation is 1. The first-order valence-corrected chi connectivity index (χ1v) is 16.7. The summed E-state index contributed by atoms with van der Waals surface area (Å²) >= 11 is 6.42. The lowest BCUT2D eigenvalue weighted by atomic mass is 9.44. The molecule has 4 aliphatic rings. The predicted octanol–water partition coefficient (Wildman–Crippen LogP) is 7.52. The number of anilines is 1. The van der Waals surface area contributed by atoms with Crippen LogP contribution in [0.5, 0.6) is 5.75 Å². The molecule has 8 heteroatoms. The minimum atomic E-state index is -1.56. The Morgan fingerprint density at radius 1 is 0.857 bits per heavy atom. The van der Waals surface area contributed by atoms with Gasteiger partial charge in [-0.2, -0.15) is 0 Å². The minimum Gasteiger partial charge on any atom is -0.505 e. The summed E-state index contributed by atoms with van der Waals surface area (Å²) in [6.45, 7) is 1.83. The van der Waals surface area contributed by atoms with Crippen molar-refractivity contribution in [1.82, 2.24) is 0 Å². The predicted molar refractivity (Wildman–Crippen MR) is 183 cm³/mol. The van der Waals surface area contributed by atoms with Gasteiger partial charge in [0.05, 0.1) is 22.9 Å². The van der Waals surface area contributed by atoms with Crippen LogP contribution in [0.4, 0.5) is 10.1 Å². The Morgan fingerprint density at radius 2 is 1.57 bits per heavy atom. The van der Waals surface area contributed by atoms with Crippen molar-refractivity contribution in [3.63, 3.8) is 0 Å². The third kappa shape index (κ3) is 4.45.